The Morgan fingerprint density at radius 2 is 1.75 bits per heavy atom. The van der Waals surface area contributed by atoms with Crippen LogP contribution in [0.5, 0.6) is 0 Å². The van der Waals surface area contributed by atoms with Crippen molar-refractivity contribution in [2.45, 2.75) is 6.10 Å². The summed E-state index contributed by atoms with van der Waals surface area (Å²) in [7, 11) is -7.07. The van der Waals surface area contributed by atoms with Gasteiger partial charge in [-0.3, -0.25) is 0 Å². The van der Waals surface area contributed by atoms with Gasteiger partial charge in [-0.25, -0.2) is 26.3 Å². The van der Waals surface area contributed by atoms with E-state index in [2.05, 4.69) is 0 Å². The summed E-state index contributed by atoms with van der Waals surface area (Å²) >= 11 is 0. The van der Waals surface area contributed by atoms with Gasteiger partial charge >= 0.3 is 0 Å². The maximum atomic E-state index is 11.2. The van der Waals surface area contributed by atoms with Crippen molar-refractivity contribution in [3.05, 3.63) is 0 Å². The molecular formula is C6H16N2O6S2. The van der Waals surface area contributed by atoms with Crippen LogP contribution >= 0.6 is 0 Å². The molecule has 0 aliphatic rings. The van der Waals surface area contributed by atoms with Crippen molar-refractivity contribution < 1.29 is 27.0 Å². The lowest BCUT2D eigenvalue weighted by Crippen LogP contribution is -2.38. The van der Waals surface area contributed by atoms with Crippen LogP contribution in [-0.2, 0) is 20.0 Å². The first-order valence-corrected chi connectivity index (χ1v) is 7.91. The van der Waals surface area contributed by atoms with E-state index in [0.717, 1.165) is 6.26 Å². The van der Waals surface area contributed by atoms with Crippen molar-refractivity contribution in [1.82, 2.24) is 9.44 Å². The highest BCUT2D eigenvalue weighted by molar-refractivity contribution is 7.90. The van der Waals surface area contributed by atoms with Gasteiger partial charge in [-0.1, -0.05) is 0 Å². The van der Waals surface area contributed by atoms with Gasteiger partial charge in [0, 0.05) is 13.1 Å². The number of nitrogens with one attached hydrogen (secondary N) is 2. The summed E-state index contributed by atoms with van der Waals surface area (Å²) in [6.07, 6.45) is -0.250. The molecule has 0 aliphatic heterocycles. The minimum absolute atomic E-state index is 0.247. The molecular weight excluding hydrogens is 260 g/mol. The molecule has 0 aromatic carbocycles. The standard InChI is InChI=1S/C6H16N2O6S2/c1-15(11,12)7-2-3-16(13,14)8-4-6(10)5-9/h6-10H,2-5H2,1H3. The Hall–Kier alpha value is -0.260. The van der Waals surface area contributed by atoms with E-state index in [0.29, 0.717) is 0 Å². The molecule has 0 bridgehead atoms. The first kappa shape index (κ1) is 15.7. The third kappa shape index (κ3) is 9.00. The zero-order chi connectivity index (χ0) is 12.8. The Morgan fingerprint density at radius 1 is 1.19 bits per heavy atom. The van der Waals surface area contributed by atoms with Gasteiger partial charge < -0.3 is 10.2 Å². The average molecular weight is 276 g/mol. The number of hydrogen-bond donors (Lipinski definition) is 4. The molecule has 0 aromatic heterocycles. The van der Waals surface area contributed by atoms with Crippen LogP contribution in [0.1, 0.15) is 0 Å². The van der Waals surface area contributed by atoms with E-state index in [1.54, 1.807) is 0 Å². The number of sulfonamides is 2. The molecule has 0 heterocycles. The lowest BCUT2D eigenvalue weighted by atomic mass is 10.4. The maximum Gasteiger partial charge on any atom is 0.212 e. The molecule has 16 heavy (non-hydrogen) atoms. The summed E-state index contributed by atoms with van der Waals surface area (Å²) < 4.78 is 47.7. The zero-order valence-corrected chi connectivity index (χ0v) is 10.4. The number of rotatable bonds is 8. The van der Waals surface area contributed by atoms with Crippen LogP contribution in [-0.4, -0.2) is 64.9 Å². The Kier molecular flexibility index (Phi) is 6.36. The predicted molar refractivity (Wildman–Crippen MR) is 57.7 cm³/mol. The van der Waals surface area contributed by atoms with E-state index in [1.165, 1.54) is 0 Å². The third-order valence-electron chi connectivity index (χ3n) is 1.48. The monoisotopic (exact) mass is 276 g/mol. The number of aliphatic hydroxyl groups is 2. The van der Waals surface area contributed by atoms with E-state index in [-0.39, 0.29) is 13.1 Å². The van der Waals surface area contributed by atoms with Crippen LogP contribution in [0.25, 0.3) is 0 Å². The first-order chi connectivity index (χ1) is 7.16. The Bertz CT molecular complexity index is 389. The van der Waals surface area contributed by atoms with Gasteiger partial charge in [0.25, 0.3) is 0 Å². The van der Waals surface area contributed by atoms with Crippen molar-refractivity contribution in [3.8, 4) is 0 Å². The van der Waals surface area contributed by atoms with Crippen LogP contribution in [0.3, 0.4) is 0 Å². The molecule has 8 nitrogen and oxygen atoms in total. The molecule has 0 saturated heterocycles. The largest absolute Gasteiger partial charge is 0.394 e. The van der Waals surface area contributed by atoms with E-state index in [1.807, 2.05) is 9.44 Å². The van der Waals surface area contributed by atoms with Crippen LogP contribution in [0, 0.1) is 0 Å². The van der Waals surface area contributed by atoms with Crippen molar-refractivity contribution in [1.29, 1.82) is 0 Å². The first-order valence-electron chi connectivity index (χ1n) is 4.37. The fourth-order valence-corrected chi connectivity index (χ4v) is 2.28. The molecule has 4 N–H and O–H groups in total. The molecule has 1 atom stereocenters. The van der Waals surface area contributed by atoms with Gasteiger partial charge in [-0.05, 0) is 0 Å². The Labute approximate surface area is 94.8 Å². The van der Waals surface area contributed by atoms with Gasteiger partial charge in [-0.15, -0.1) is 0 Å². The van der Waals surface area contributed by atoms with Crippen LogP contribution in [0.2, 0.25) is 0 Å². The van der Waals surface area contributed by atoms with E-state index >= 15 is 0 Å². The van der Waals surface area contributed by atoms with Crippen LogP contribution in [0.4, 0.5) is 0 Å². The van der Waals surface area contributed by atoms with Crippen molar-refractivity contribution >= 4 is 20.0 Å². The Morgan fingerprint density at radius 3 is 2.19 bits per heavy atom. The normalized spacial score (nSPS) is 14.9. The van der Waals surface area contributed by atoms with E-state index in [4.69, 9.17) is 10.2 Å². The summed E-state index contributed by atoms with van der Waals surface area (Å²) in [4.78, 5) is 0. The molecule has 0 radical (unpaired) electrons. The van der Waals surface area contributed by atoms with E-state index < -0.39 is 38.5 Å². The fraction of sp³-hybridized carbons (Fsp3) is 1.00. The summed E-state index contributed by atoms with van der Waals surface area (Å²) in [5, 5.41) is 17.3. The molecule has 0 rings (SSSR count). The van der Waals surface area contributed by atoms with Gasteiger partial charge in [0.1, 0.15) is 0 Å². The number of hydrogen-bond acceptors (Lipinski definition) is 6. The highest BCUT2D eigenvalue weighted by atomic mass is 32.2. The second-order valence-corrected chi connectivity index (χ2v) is 6.93. The number of aliphatic hydroxyl groups excluding tert-OH is 2. The second kappa shape index (κ2) is 6.47. The quantitative estimate of drug-likeness (QED) is 0.369. The molecule has 0 amide bonds. The third-order valence-corrected chi connectivity index (χ3v) is 3.56. The van der Waals surface area contributed by atoms with E-state index in [9.17, 15) is 16.8 Å². The van der Waals surface area contributed by atoms with Gasteiger partial charge in [0.2, 0.25) is 20.0 Å². The molecule has 0 fully saturated rings. The predicted octanol–water partition coefficient (Wildman–Crippen LogP) is -3.19. The maximum absolute atomic E-state index is 11.2. The van der Waals surface area contributed by atoms with Gasteiger partial charge in [0.05, 0.1) is 24.7 Å². The zero-order valence-electron chi connectivity index (χ0n) is 8.75. The highest BCUT2D eigenvalue weighted by Crippen LogP contribution is 1.86. The molecule has 0 saturated carbocycles. The highest BCUT2D eigenvalue weighted by Gasteiger charge is 2.13. The lowest BCUT2D eigenvalue weighted by molar-refractivity contribution is 0.0988. The average Bonchev–Trinajstić information content (AvgIpc) is 2.12. The minimum atomic E-state index is -3.66. The lowest BCUT2D eigenvalue weighted by Gasteiger charge is -2.09. The molecule has 98 valence electrons. The molecule has 0 aromatic rings. The summed E-state index contributed by atoms with van der Waals surface area (Å²) in [6.45, 7) is -1.11. The summed E-state index contributed by atoms with van der Waals surface area (Å²) in [5.41, 5.74) is 0. The summed E-state index contributed by atoms with van der Waals surface area (Å²) in [6, 6.07) is 0. The smallest absolute Gasteiger partial charge is 0.212 e. The molecule has 10 heteroatoms. The fourth-order valence-electron chi connectivity index (χ4n) is 0.721. The van der Waals surface area contributed by atoms with Crippen LogP contribution in [0.15, 0.2) is 0 Å². The molecule has 1 unspecified atom stereocenters. The topological polar surface area (TPSA) is 133 Å². The van der Waals surface area contributed by atoms with Crippen LogP contribution < -0.4 is 9.44 Å². The van der Waals surface area contributed by atoms with Crippen molar-refractivity contribution in [2.75, 3.05) is 31.7 Å². The molecule has 0 spiro atoms. The van der Waals surface area contributed by atoms with Crippen molar-refractivity contribution in [3.63, 3.8) is 0 Å². The van der Waals surface area contributed by atoms with Crippen molar-refractivity contribution in [2.24, 2.45) is 0 Å². The Balaban J connectivity index is 3.98. The summed E-state index contributed by atoms with van der Waals surface area (Å²) in [5.74, 6) is -0.432. The van der Waals surface area contributed by atoms with Gasteiger partial charge in [-0.2, -0.15) is 0 Å². The molecule has 0 aliphatic carbocycles. The minimum Gasteiger partial charge on any atom is -0.394 e. The van der Waals surface area contributed by atoms with Gasteiger partial charge in [0.15, 0.2) is 0 Å². The second-order valence-electron chi connectivity index (χ2n) is 3.17. The SMILES string of the molecule is CS(=O)(=O)NCCS(=O)(=O)NCC(O)CO.